The van der Waals surface area contributed by atoms with E-state index in [1.165, 1.54) is 26.0 Å². The van der Waals surface area contributed by atoms with Gasteiger partial charge in [-0.15, -0.1) is 0 Å². The highest BCUT2D eigenvalue weighted by molar-refractivity contribution is 7.99. The van der Waals surface area contributed by atoms with Gasteiger partial charge in [0, 0.05) is 13.0 Å². The van der Waals surface area contributed by atoms with Gasteiger partial charge in [-0.25, -0.2) is 0 Å². The number of thioether (sulfide) groups is 1. The van der Waals surface area contributed by atoms with Crippen molar-refractivity contribution in [3.8, 4) is 0 Å². The van der Waals surface area contributed by atoms with E-state index in [0.717, 1.165) is 0 Å². The maximum atomic E-state index is 11.4. The van der Waals surface area contributed by atoms with Gasteiger partial charge in [-0.3, -0.25) is 14.4 Å². The van der Waals surface area contributed by atoms with Crippen molar-refractivity contribution in [1.82, 2.24) is 5.32 Å². The first kappa shape index (κ1) is 18.7. The van der Waals surface area contributed by atoms with E-state index >= 15 is 0 Å². The molecule has 0 rings (SSSR count). The number of ether oxygens (including phenoxy) is 2. The summed E-state index contributed by atoms with van der Waals surface area (Å²) in [4.78, 5) is 33.3. The summed E-state index contributed by atoms with van der Waals surface area (Å²) in [6, 6.07) is -0.643. The molecule has 0 spiro atoms. The van der Waals surface area contributed by atoms with Crippen molar-refractivity contribution >= 4 is 29.6 Å². The average molecular weight is 306 g/mol. The molecule has 0 fully saturated rings. The van der Waals surface area contributed by atoms with Gasteiger partial charge in [0.2, 0.25) is 5.91 Å². The number of nitrogens with one attached hydrogen (secondary N) is 1. The molecule has 8 heteroatoms. The first-order valence-electron chi connectivity index (χ1n) is 6.26. The Morgan fingerprint density at radius 3 is 2.55 bits per heavy atom. The Kier molecular flexibility index (Phi) is 10.8. The second-order valence-corrected chi connectivity index (χ2v) is 5.11. The molecule has 0 aliphatic rings. The average Bonchev–Trinajstić information content (AvgIpc) is 2.46. The number of carbonyl (C=O) groups excluding carboxylic acids is 3. The SMILES string of the molecule is COC(=O)CCCNC(=O)CSCCC(N)C(=O)OC. The van der Waals surface area contributed by atoms with E-state index in [1.807, 2.05) is 0 Å². The number of carbonyl (C=O) groups is 3. The highest BCUT2D eigenvalue weighted by atomic mass is 32.2. The van der Waals surface area contributed by atoms with E-state index < -0.39 is 12.0 Å². The van der Waals surface area contributed by atoms with Crippen LogP contribution in [0.5, 0.6) is 0 Å². The second kappa shape index (κ2) is 11.5. The lowest BCUT2D eigenvalue weighted by Crippen LogP contribution is -2.32. The van der Waals surface area contributed by atoms with Gasteiger partial charge in [0.05, 0.1) is 20.0 Å². The number of amides is 1. The first-order valence-corrected chi connectivity index (χ1v) is 7.41. The molecule has 0 aliphatic heterocycles. The Morgan fingerprint density at radius 1 is 1.25 bits per heavy atom. The molecule has 1 atom stereocenters. The van der Waals surface area contributed by atoms with Crippen molar-refractivity contribution in [2.45, 2.75) is 25.3 Å². The number of esters is 2. The van der Waals surface area contributed by atoms with Crippen LogP contribution in [-0.4, -0.2) is 56.2 Å². The zero-order valence-corrected chi connectivity index (χ0v) is 12.7. The van der Waals surface area contributed by atoms with Gasteiger partial charge in [-0.2, -0.15) is 11.8 Å². The molecule has 1 unspecified atom stereocenters. The summed E-state index contributed by atoms with van der Waals surface area (Å²) >= 11 is 1.39. The largest absolute Gasteiger partial charge is 0.469 e. The fourth-order valence-electron chi connectivity index (χ4n) is 1.26. The van der Waals surface area contributed by atoms with Crippen LogP contribution in [-0.2, 0) is 23.9 Å². The zero-order chi connectivity index (χ0) is 15.4. The minimum absolute atomic E-state index is 0.105. The van der Waals surface area contributed by atoms with E-state index in [-0.39, 0.29) is 18.3 Å². The van der Waals surface area contributed by atoms with Crippen molar-refractivity contribution in [2.75, 3.05) is 32.3 Å². The fourth-order valence-corrected chi connectivity index (χ4v) is 2.11. The first-order chi connectivity index (χ1) is 9.51. The van der Waals surface area contributed by atoms with Crippen molar-refractivity contribution in [3.05, 3.63) is 0 Å². The van der Waals surface area contributed by atoms with Crippen LogP contribution in [0.15, 0.2) is 0 Å². The van der Waals surface area contributed by atoms with Crippen molar-refractivity contribution in [3.63, 3.8) is 0 Å². The topological polar surface area (TPSA) is 108 Å². The van der Waals surface area contributed by atoms with Crippen LogP contribution in [0.25, 0.3) is 0 Å². The molecule has 7 nitrogen and oxygen atoms in total. The number of hydrogen-bond acceptors (Lipinski definition) is 7. The van der Waals surface area contributed by atoms with Gasteiger partial charge in [-0.1, -0.05) is 0 Å². The van der Waals surface area contributed by atoms with Crippen molar-refractivity contribution < 1.29 is 23.9 Å². The Bertz CT molecular complexity index is 325. The minimum Gasteiger partial charge on any atom is -0.469 e. The monoisotopic (exact) mass is 306 g/mol. The standard InChI is InChI=1S/C12H22N2O5S/c1-18-11(16)4-3-6-14-10(15)8-20-7-5-9(13)12(17)19-2/h9H,3-8,13H2,1-2H3,(H,14,15). The molecule has 0 aromatic carbocycles. The second-order valence-electron chi connectivity index (χ2n) is 4.00. The number of hydrogen-bond donors (Lipinski definition) is 2. The third-order valence-corrected chi connectivity index (χ3v) is 3.41. The maximum Gasteiger partial charge on any atom is 0.322 e. The van der Waals surface area contributed by atoms with E-state index in [2.05, 4.69) is 14.8 Å². The lowest BCUT2D eigenvalue weighted by atomic mass is 10.2. The molecule has 0 aromatic rings. The van der Waals surface area contributed by atoms with E-state index in [4.69, 9.17) is 5.73 Å². The van der Waals surface area contributed by atoms with Crippen LogP contribution in [0.1, 0.15) is 19.3 Å². The number of methoxy groups -OCH3 is 2. The number of nitrogens with two attached hydrogens (primary N) is 1. The number of rotatable bonds is 10. The highest BCUT2D eigenvalue weighted by Gasteiger charge is 2.13. The Morgan fingerprint density at radius 2 is 1.95 bits per heavy atom. The minimum atomic E-state index is -0.643. The summed E-state index contributed by atoms with van der Waals surface area (Å²) in [5, 5.41) is 2.69. The molecule has 116 valence electrons. The van der Waals surface area contributed by atoms with Crippen LogP contribution < -0.4 is 11.1 Å². The lowest BCUT2D eigenvalue weighted by Gasteiger charge is -2.08. The highest BCUT2D eigenvalue weighted by Crippen LogP contribution is 2.04. The zero-order valence-electron chi connectivity index (χ0n) is 11.8. The molecule has 0 radical (unpaired) electrons. The third kappa shape index (κ3) is 9.62. The summed E-state index contributed by atoms with van der Waals surface area (Å²) < 4.78 is 8.98. The molecule has 0 bridgehead atoms. The van der Waals surface area contributed by atoms with Crippen molar-refractivity contribution in [2.24, 2.45) is 5.73 Å². The smallest absolute Gasteiger partial charge is 0.322 e. The predicted octanol–water partition coefficient (Wildman–Crippen LogP) is -0.321. The van der Waals surface area contributed by atoms with Gasteiger partial charge in [0.15, 0.2) is 0 Å². The molecule has 0 saturated carbocycles. The predicted molar refractivity (Wildman–Crippen MR) is 76.2 cm³/mol. The van der Waals surface area contributed by atoms with Crippen molar-refractivity contribution in [1.29, 1.82) is 0 Å². The van der Waals surface area contributed by atoms with Gasteiger partial charge in [-0.05, 0) is 18.6 Å². The summed E-state index contributed by atoms with van der Waals surface area (Å²) in [5.41, 5.74) is 5.55. The van der Waals surface area contributed by atoms with Gasteiger partial charge in [0.25, 0.3) is 0 Å². The molecule has 1 amide bonds. The molecule has 0 saturated heterocycles. The van der Waals surface area contributed by atoms with Gasteiger partial charge in [0.1, 0.15) is 6.04 Å². The maximum absolute atomic E-state index is 11.4. The van der Waals surface area contributed by atoms with E-state index in [0.29, 0.717) is 30.9 Å². The van der Waals surface area contributed by atoms with Gasteiger partial charge < -0.3 is 20.5 Å². The Labute approximate surface area is 122 Å². The quantitative estimate of drug-likeness (QED) is 0.420. The van der Waals surface area contributed by atoms with Crippen LogP contribution >= 0.6 is 11.8 Å². The van der Waals surface area contributed by atoms with Crippen LogP contribution in [0.2, 0.25) is 0 Å². The Hall–Kier alpha value is -1.28. The van der Waals surface area contributed by atoms with Crippen LogP contribution in [0, 0.1) is 0 Å². The molecule has 3 N–H and O–H groups in total. The van der Waals surface area contributed by atoms with Crippen LogP contribution in [0.3, 0.4) is 0 Å². The normalized spacial score (nSPS) is 11.6. The molecular formula is C12H22N2O5S. The molecule has 20 heavy (non-hydrogen) atoms. The molecule has 0 heterocycles. The lowest BCUT2D eigenvalue weighted by molar-refractivity contribution is -0.142. The summed E-state index contributed by atoms with van der Waals surface area (Å²) in [5.74, 6) is 0.0626. The third-order valence-electron chi connectivity index (χ3n) is 2.42. The van der Waals surface area contributed by atoms with E-state index in [9.17, 15) is 14.4 Å². The molecule has 0 aromatic heterocycles. The fraction of sp³-hybridized carbons (Fsp3) is 0.750. The molecule has 0 aliphatic carbocycles. The summed E-state index contributed by atoms with van der Waals surface area (Å²) in [6.45, 7) is 0.441. The summed E-state index contributed by atoms with van der Waals surface area (Å²) in [6.07, 6.45) is 1.31. The van der Waals surface area contributed by atoms with Crippen LogP contribution in [0.4, 0.5) is 0 Å². The van der Waals surface area contributed by atoms with E-state index in [1.54, 1.807) is 0 Å². The van der Waals surface area contributed by atoms with Gasteiger partial charge >= 0.3 is 11.9 Å². The molecular weight excluding hydrogens is 284 g/mol. The summed E-state index contributed by atoms with van der Waals surface area (Å²) in [7, 11) is 2.62. The Balaban J connectivity index is 3.50.